The molecule has 2 rings (SSSR count). The Labute approximate surface area is 84.2 Å². The number of benzene rings is 1. The van der Waals surface area contributed by atoms with Crippen molar-refractivity contribution < 1.29 is 0 Å². The van der Waals surface area contributed by atoms with Crippen LogP contribution in [0.4, 0.5) is 0 Å². The summed E-state index contributed by atoms with van der Waals surface area (Å²) in [5.74, 6) is 0. The fraction of sp³-hybridized carbons (Fsp3) is 0.364. The summed E-state index contributed by atoms with van der Waals surface area (Å²) in [4.78, 5) is 0.889. The van der Waals surface area contributed by atoms with E-state index in [0.717, 1.165) is 11.4 Å². The van der Waals surface area contributed by atoms with Gasteiger partial charge in [0.1, 0.15) is 4.99 Å². The quantitative estimate of drug-likeness (QED) is 0.685. The lowest BCUT2D eigenvalue weighted by atomic mass is 9.90. The second-order valence-electron chi connectivity index (χ2n) is 3.69. The van der Waals surface area contributed by atoms with Gasteiger partial charge in [-0.1, -0.05) is 43.4 Å². The Hall–Kier alpha value is -0.890. The molecule has 1 aliphatic rings. The highest BCUT2D eigenvalue weighted by Crippen LogP contribution is 2.33. The predicted octanol–water partition coefficient (Wildman–Crippen LogP) is 2.59. The van der Waals surface area contributed by atoms with Crippen molar-refractivity contribution in [2.45, 2.75) is 25.8 Å². The van der Waals surface area contributed by atoms with Gasteiger partial charge in [-0.2, -0.15) is 0 Å². The standard InChI is InChI=1S/C11H13NS/c1-3-11(2)9-7-5-4-6-8(9)10(13)12-11/h4-7H,3H2,1-2H3,(H,12,13). The average Bonchev–Trinajstić information content (AvgIpc) is 2.42. The van der Waals surface area contributed by atoms with Crippen molar-refractivity contribution in [3.63, 3.8) is 0 Å². The molecule has 1 heterocycles. The molecular formula is C11H13NS. The van der Waals surface area contributed by atoms with E-state index in [1.54, 1.807) is 0 Å². The lowest BCUT2D eigenvalue weighted by Crippen LogP contribution is -2.34. The predicted molar refractivity (Wildman–Crippen MR) is 58.9 cm³/mol. The Morgan fingerprint density at radius 2 is 2.08 bits per heavy atom. The van der Waals surface area contributed by atoms with Crippen LogP contribution in [0.15, 0.2) is 24.3 Å². The van der Waals surface area contributed by atoms with Crippen LogP contribution in [-0.2, 0) is 5.54 Å². The first-order valence-electron chi connectivity index (χ1n) is 4.59. The summed E-state index contributed by atoms with van der Waals surface area (Å²) in [5, 5.41) is 3.38. The van der Waals surface area contributed by atoms with Crippen LogP contribution in [0.3, 0.4) is 0 Å². The third kappa shape index (κ3) is 1.17. The maximum atomic E-state index is 5.28. The van der Waals surface area contributed by atoms with Gasteiger partial charge in [0.05, 0.1) is 5.54 Å². The molecule has 1 N–H and O–H groups in total. The number of thiocarbonyl (C=S) groups is 1. The normalized spacial score (nSPS) is 25.5. The topological polar surface area (TPSA) is 12.0 Å². The zero-order valence-electron chi connectivity index (χ0n) is 7.92. The van der Waals surface area contributed by atoms with Crippen LogP contribution in [0, 0.1) is 0 Å². The summed E-state index contributed by atoms with van der Waals surface area (Å²) in [6, 6.07) is 8.35. The van der Waals surface area contributed by atoms with E-state index < -0.39 is 0 Å². The van der Waals surface area contributed by atoms with Crippen molar-refractivity contribution in [2.75, 3.05) is 0 Å². The summed E-state index contributed by atoms with van der Waals surface area (Å²) in [5.41, 5.74) is 2.58. The van der Waals surface area contributed by atoms with Gasteiger partial charge in [-0.3, -0.25) is 0 Å². The Balaban J connectivity index is 2.59. The molecule has 1 unspecified atom stereocenters. The van der Waals surface area contributed by atoms with Gasteiger partial charge >= 0.3 is 0 Å². The second-order valence-corrected chi connectivity index (χ2v) is 4.09. The lowest BCUT2D eigenvalue weighted by molar-refractivity contribution is 0.438. The first-order chi connectivity index (χ1) is 6.17. The smallest absolute Gasteiger partial charge is 0.107 e. The lowest BCUT2D eigenvalue weighted by Gasteiger charge is -2.23. The summed E-state index contributed by atoms with van der Waals surface area (Å²) in [6.07, 6.45) is 1.06. The molecule has 0 spiro atoms. The van der Waals surface area contributed by atoms with Gasteiger partial charge in [-0.15, -0.1) is 0 Å². The third-order valence-corrected chi connectivity index (χ3v) is 3.18. The van der Waals surface area contributed by atoms with Gasteiger partial charge in [0.15, 0.2) is 0 Å². The number of nitrogens with one attached hydrogen (secondary N) is 1. The highest BCUT2D eigenvalue weighted by molar-refractivity contribution is 7.80. The van der Waals surface area contributed by atoms with E-state index in [2.05, 4.69) is 37.4 Å². The Bertz CT molecular complexity index is 359. The molecule has 1 aromatic carbocycles. The number of rotatable bonds is 1. The zero-order valence-corrected chi connectivity index (χ0v) is 8.74. The average molecular weight is 191 g/mol. The maximum absolute atomic E-state index is 5.28. The third-order valence-electron chi connectivity index (χ3n) is 2.86. The molecule has 0 amide bonds. The monoisotopic (exact) mass is 191 g/mol. The Morgan fingerprint density at radius 1 is 1.38 bits per heavy atom. The molecule has 0 saturated carbocycles. The molecule has 2 heteroatoms. The van der Waals surface area contributed by atoms with Crippen molar-refractivity contribution in [3.05, 3.63) is 35.4 Å². The molecule has 0 fully saturated rings. The van der Waals surface area contributed by atoms with Crippen molar-refractivity contribution in [1.82, 2.24) is 5.32 Å². The Kier molecular flexibility index (Phi) is 1.88. The molecule has 0 bridgehead atoms. The Morgan fingerprint density at radius 3 is 2.77 bits per heavy atom. The highest BCUT2D eigenvalue weighted by Gasteiger charge is 2.34. The van der Waals surface area contributed by atoms with Crippen LogP contribution in [0.2, 0.25) is 0 Å². The van der Waals surface area contributed by atoms with E-state index >= 15 is 0 Å². The molecule has 1 nitrogen and oxygen atoms in total. The van der Waals surface area contributed by atoms with Crippen molar-refractivity contribution >= 4 is 17.2 Å². The summed E-state index contributed by atoms with van der Waals surface area (Å²) in [7, 11) is 0. The molecule has 68 valence electrons. The zero-order chi connectivity index (χ0) is 9.47. The molecule has 0 aromatic heterocycles. The minimum absolute atomic E-state index is 0.0493. The van der Waals surface area contributed by atoms with Crippen molar-refractivity contribution in [1.29, 1.82) is 0 Å². The summed E-state index contributed by atoms with van der Waals surface area (Å²) < 4.78 is 0. The van der Waals surface area contributed by atoms with Crippen LogP contribution < -0.4 is 5.32 Å². The van der Waals surface area contributed by atoms with E-state index in [1.807, 2.05) is 6.07 Å². The van der Waals surface area contributed by atoms with E-state index in [0.29, 0.717) is 0 Å². The molecule has 0 saturated heterocycles. The molecule has 1 aliphatic heterocycles. The van der Waals surface area contributed by atoms with Crippen molar-refractivity contribution in [3.8, 4) is 0 Å². The van der Waals surface area contributed by atoms with Gasteiger partial charge in [0.25, 0.3) is 0 Å². The SMILES string of the molecule is CCC1(C)NC(=S)c2ccccc21. The molecular weight excluding hydrogens is 178 g/mol. The molecule has 0 radical (unpaired) electrons. The first-order valence-corrected chi connectivity index (χ1v) is 5.00. The molecule has 1 aromatic rings. The van der Waals surface area contributed by atoms with E-state index in [-0.39, 0.29) is 5.54 Å². The van der Waals surface area contributed by atoms with Crippen LogP contribution in [0.25, 0.3) is 0 Å². The maximum Gasteiger partial charge on any atom is 0.107 e. The van der Waals surface area contributed by atoms with Gasteiger partial charge in [-0.05, 0) is 18.9 Å². The minimum Gasteiger partial charge on any atom is -0.367 e. The van der Waals surface area contributed by atoms with Crippen LogP contribution >= 0.6 is 12.2 Å². The van der Waals surface area contributed by atoms with Crippen LogP contribution in [-0.4, -0.2) is 4.99 Å². The second kappa shape index (κ2) is 2.81. The van der Waals surface area contributed by atoms with Crippen LogP contribution in [0.5, 0.6) is 0 Å². The highest BCUT2D eigenvalue weighted by atomic mass is 32.1. The van der Waals surface area contributed by atoms with Gasteiger partial charge < -0.3 is 5.32 Å². The fourth-order valence-electron chi connectivity index (χ4n) is 1.83. The fourth-order valence-corrected chi connectivity index (χ4v) is 2.23. The number of hydrogen-bond donors (Lipinski definition) is 1. The van der Waals surface area contributed by atoms with Crippen LogP contribution in [0.1, 0.15) is 31.4 Å². The molecule has 0 aliphatic carbocycles. The number of hydrogen-bond acceptors (Lipinski definition) is 1. The van der Waals surface area contributed by atoms with Gasteiger partial charge in [0.2, 0.25) is 0 Å². The molecule has 1 atom stereocenters. The van der Waals surface area contributed by atoms with Gasteiger partial charge in [-0.25, -0.2) is 0 Å². The summed E-state index contributed by atoms with van der Waals surface area (Å²) >= 11 is 5.28. The first kappa shape index (κ1) is 8.70. The van der Waals surface area contributed by atoms with E-state index in [1.165, 1.54) is 11.1 Å². The molecule has 13 heavy (non-hydrogen) atoms. The number of fused-ring (bicyclic) bond motifs is 1. The largest absolute Gasteiger partial charge is 0.367 e. The van der Waals surface area contributed by atoms with Crippen molar-refractivity contribution in [2.24, 2.45) is 0 Å². The van der Waals surface area contributed by atoms with E-state index in [4.69, 9.17) is 12.2 Å². The summed E-state index contributed by atoms with van der Waals surface area (Å²) in [6.45, 7) is 4.38. The van der Waals surface area contributed by atoms with Gasteiger partial charge in [0, 0.05) is 5.56 Å². The van der Waals surface area contributed by atoms with E-state index in [9.17, 15) is 0 Å². The minimum atomic E-state index is 0.0493.